The second-order valence-corrected chi connectivity index (χ2v) is 11.0. The molecule has 0 radical (unpaired) electrons. The number of carbonyl (C=O) groups is 1. The molecule has 1 saturated carbocycles. The lowest BCUT2D eigenvalue weighted by Crippen LogP contribution is -2.48. The van der Waals surface area contributed by atoms with Crippen molar-refractivity contribution in [3.63, 3.8) is 0 Å². The fraction of sp³-hybridized carbons (Fsp3) is 0.375. The van der Waals surface area contributed by atoms with E-state index in [2.05, 4.69) is 4.90 Å². The number of allylic oxidation sites excluding steroid dienone is 1. The third kappa shape index (κ3) is 3.62. The van der Waals surface area contributed by atoms with Crippen LogP contribution in [0.3, 0.4) is 0 Å². The van der Waals surface area contributed by atoms with Crippen LogP contribution in [-0.4, -0.2) is 51.9 Å². The van der Waals surface area contributed by atoms with Crippen molar-refractivity contribution < 1.29 is 13.2 Å². The Kier molecular flexibility index (Phi) is 5.51. The highest BCUT2D eigenvalue weighted by Gasteiger charge is 2.35. The van der Waals surface area contributed by atoms with Crippen LogP contribution in [0.5, 0.6) is 0 Å². The SMILES string of the molecule is CN1C(=O)C(=C2CCCC2)c2cc(S(=O)(=O)N3CCN(c4ccc(Cl)cc4)CC3)ccc21. The lowest BCUT2D eigenvalue weighted by Gasteiger charge is -2.35. The summed E-state index contributed by atoms with van der Waals surface area (Å²) in [5, 5.41) is 0.683. The van der Waals surface area contributed by atoms with E-state index in [0.717, 1.165) is 48.2 Å². The Hall–Kier alpha value is -2.35. The summed E-state index contributed by atoms with van der Waals surface area (Å²) in [6.07, 6.45) is 4.00. The minimum absolute atomic E-state index is 0.0250. The van der Waals surface area contributed by atoms with Gasteiger partial charge in [-0.25, -0.2) is 8.42 Å². The van der Waals surface area contributed by atoms with Crippen molar-refractivity contribution in [1.82, 2.24) is 4.31 Å². The lowest BCUT2D eigenvalue weighted by molar-refractivity contribution is -0.112. The Balaban J connectivity index is 1.40. The van der Waals surface area contributed by atoms with E-state index >= 15 is 0 Å². The lowest BCUT2D eigenvalue weighted by atomic mass is 10.00. The number of sulfonamides is 1. The molecule has 168 valence electrons. The van der Waals surface area contributed by atoms with E-state index in [0.29, 0.717) is 36.8 Å². The zero-order valence-corrected chi connectivity index (χ0v) is 19.6. The van der Waals surface area contributed by atoms with Crippen LogP contribution in [0, 0.1) is 0 Å². The summed E-state index contributed by atoms with van der Waals surface area (Å²) in [5.74, 6) is -0.0250. The number of amides is 1. The number of hydrogen-bond acceptors (Lipinski definition) is 4. The van der Waals surface area contributed by atoms with Gasteiger partial charge in [0.15, 0.2) is 0 Å². The molecule has 0 aromatic heterocycles. The quantitative estimate of drug-likeness (QED) is 0.631. The third-order valence-electron chi connectivity index (χ3n) is 6.75. The van der Waals surface area contributed by atoms with Gasteiger partial charge in [-0.1, -0.05) is 17.2 Å². The van der Waals surface area contributed by atoms with Gasteiger partial charge in [-0.05, 0) is 68.1 Å². The molecule has 1 aliphatic carbocycles. The maximum Gasteiger partial charge on any atom is 0.258 e. The van der Waals surface area contributed by atoms with Gasteiger partial charge in [0.1, 0.15) is 0 Å². The van der Waals surface area contributed by atoms with E-state index in [1.165, 1.54) is 0 Å². The number of rotatable bonds is 3. The summed E-state index contributed by atoms with van der Waals surface area (Å²) in [6, 6.07) is 12.7. The van der Waals surface area contributed by atoms with Gasteiger partial charge in [0.25, 0.3) is 5.91 Å². The molecule has 2 aromatic carbocycles. The number of hydrogen-bond donors (Lipinski definition) is 0. The van der Waals surface area contributed by atoms with E-state index in [9.17, 15) is 13.2 Å². The normalized spacial score (nSPS) is 19.8. The Morgan fingerprint density at radius 3 is 2.22 bits per heavy atom. The van der Waals surface area contributed by atoms with Crippen LogP contribution < -0.4 is 9.80 Å². The Labute approximate surface area is 194 Å². The third-order valence-corrected chi connectivity index (χ3v) is 8.89. The van der Waals surface area contributed by atoms with Gasteiger partial charge in [0.05, 0.1) is 10.6 Å². The van der Waals surface area contributed by atoms with Gasteiger partial charge < -0.3 is 9.80 Å². The molecule has 32 heavy (non-hydrogen) atoms. The molecule has 2 fully saturated rings. The predicted octanol–water partition coefficient (Wildman–Crippen LogP) is 4.15. The van der Waals surface area contributed by atoms with Crippen molar-refractivity contribution in [1.29, 1.82) is 0 Å². The predicted molar refractivity (Wildman–Crippen MR) is 128 cm³/mol. The van der Waals surface area contributed by atoms with E-state index < -0.39 is 10.0 Å². The summed E-state index contributed by atoms with van der Waals surface area (Å²) in [4.78, 5) is 17.0. The van der Waals surface area contributed by atoms with Gasteiger partial charge in [-0.15, -0.1) is 0 Å². The smallest absolute Gasteiger partial charge is 0.258 e. The van der Waals surface area contributed by atoms with Crippen molar-refractivity contribution in [3.05, 3.63) is 58.6 Å². The second-order valence-electron chi connectivity index (χ2n) is 8.60. The number of nitrogens with zero attached hydrogens (tertiary/aromatic N) is 3. The van der Waals surface area contributed by atoms with Crippen LogP contribution in [-0.2, 0) is 14.8 Å². The first-order chi connectivity index (χ1) is 15.4. The topological polar surface area (TPSA) is 60.9 Å². The van der Waals surface area contributed by atoms with E-state index in [1.807, 2.05) is 24.3 Å². The summed E-state index contributed by atoms with van der Waals surface area (Å²) >= 11 is 5.98. The van der Waals surface area contributed by atoms with Crippen LogP contribution >= 0.6 is 11.6 Å². The number of carbonyl (C=O) groups excluding carboxylic acids is 1. The molecule has 1 saturated heterocycles. The second kappa shape index (κ2) is 8.21. The molecule has 0 unspecified atom stereocenters. The number of benzene rings is 2. The molecular formula is C24H26ClN3O3S. The van der Waals surface area contributed by atoms with Crippen LogP contribution in [0.2, 0.25) is 5.02 Å². The van der Waals surface area contributed by atoms with Gasteiger partial charge >= 0.3 is 0 Å². The highest BCUT2D eigenvalue weighted by atomic mass is 35.5. The molecule has 1 amide bonds. The summed E-state index contributed by atoms with van der Waals surface area (Å²) in [7, 11) is -1.89. The zero-order valence-electron chi connectivity index (χ0n) is 18.1. The molecular weight excluding hydrogens is 446 g/mol. The molecule has 2 aliphatic heterocycles. The minimum atomic E-state index is -3.64. The number of fused-ring (bicyclic) bond motifs is 1. The van der Waals surface area contributed by atoms with Crippen LogP contribution in [0.15, 0.2) is 52.9 Å². The standard InChI is InChI=1S/C24H26ClN3O3S/c1-26-22-11-10-20(16-21(22)23(24(26)29)17-4-2-3-5-17)32(30,31)28-14-12-27(13-15-28)19-8-6-18(25)7-9-19/h6-11,16H,2-5,12-15H2,1H3. The number of anilines is 2. The summed E-state index contributed by atoms with van der Waals surface area (Å²) in [6.45, 7) is 2.05. The molecule has 3 aliphatic rings. The first-order valence-electron chi connectivity index (χ1n) is 11.0. The minimum Gasteiger partial charge on any atom is -0.369 e. The van der Waals surface area contributed by atoms with Crippen molar-refractivity contribution in [2.75, 3.05) is 43.0 Å². The molecule has 0 bridgehead atoms. The number of likely N-dealkylation sites (N-methyl/N-ethyl adjacent to an activating group) is 1. The number of halogens is 1. The molecule has 0 N–H and O–H groups in total. The van der Waals surface area contributed by atoms with Gasteiger partial charge in [0, 0.05) is 55.1 Å². The summed E-state index contributed by atoms with van der Waals surface area (Å²) < 4.78 is 28.4. The van der Waals surface area contributed by atoms with Crippen molar-refractivity contribution in [2.24, 2.45) is 0 Å². The van der Waals surface area contributed by atoms with Crippen LogP contribution in [0.4, 0.5) is 11.4 Å². The molecule has 2 aromatic rings. The molecule has 5 rings (SSSR count). The average Bonchev–Trinajstić information content (AvgIpc) is 3.41. The fourth-order valence-corrected chi connectivity index (χ4v) is 6.52. The van der Waals surface area contributed by atoms with Gasteiger partial charge in [0.2, 0.25) is 10.0 Å². The maximum atomic E-state index is 13.4. The van der Waals surface area contributed by atoms with E-state index in [1.54, 1.807) is 34.5 Å². The van der Waals surface area contributed by atoms with Gasteiger partial charge in [-0.3, -0.25) is 4.79 Å². The molecule has 0 atom stereocenters. The van der Waals surface area contributed by atoms with Crippen LogP contribution in [0.25, 0.3) is 5.57 Å². The monoisotopic (exact) mass is 471 g/mol. The van der Waals surface area contributed by atoms with Crippen molar-refractivity contribution in [2.45, 2.75) is 30.6 Å². The van der Waals surface area contributed by atoms with Crippen molar-refractivity contribution >= 4 is 44.5 Å². The van der Waals surface area contributed by atoms with Gasteiger partial charge in [-0.2, -0.15) is 4.31 Å². The maximum absolute atomic E-state index is 13.4. The van der Waals surface area contributed by atoms with E-state index in [4.69, 9.17) is 11.6 Å². The highest BCUT2D eigenvalue weighted by Crippen LogP contribution is 2.43. The fourth-order valence-electron chi connectivity index (χ4n) is 4.94. The first-order valence-corrected chi connectivity index (χ1v) is 12.8. The molecule has 8 heteroatoms. The Bertz CT molecular complexity index is 1190. The molecule has 6 nitrogen and oxygen atoms in total. The van der Waals surface area contributed by atoms with Crippen LogP contribution in [0.1, 0.15) is 31.2 Å². The Morgan fingerprint density at radius 1 is 0.906 bits per heavy atom. The van der Waals surface area contributed by atoms with E-state index in [-0.39, 0.29) is 10.8 Å². The number of piperazine rings is 1. The Morgan fingerprint density at radius 2 is 1.56 bits per heavy atom. The molecule has 2 heterocycles. The average molecular weight is 472 g/mol. The largest absolute Gasteiger partial charge is 0.369 e. The first kappa shape index (κ1) is 21.5. The zero-order chi connectivity index (χ0) is 22.5. The van der Waals surface area contributed by atoms with Crippen molar-refractivity contribution in [3.8, 4) is 0 Å². The molecule has 0 spiro atoms. The highest BCUT2D eigenvalue weighted by molar-refractivity contribution is 7.89. The summed E-state index contributed by atoms with van der Waals surface area (Å²) in [5.41, 5.74) is 4.46.